The minimum absolute atomic E-state index is 0.365. The summed E-state index contributed by atoms with van der Waals surface area (Å²) in [4.78, 5) is 24.7. The van der Waals surface area contributed by atoms with Crippen molar-refractivity contribution >= 4 is 17.4 Å². The van der Waals surface area contributed by atoms with E-state index in [9.17, 15) is 9.59 Å². The van der Waals surface area contributed by atoms with Gasteiger partial charge in [-0.25, -0.2) is 0 Å². The van der Waals surface area contributed by atoms with Gasteiger partial charge in [-0.2, -0.15) is 0 Å². The molecule has 1 heterocycles. The quantitative estimate of drug-likeness (QED) is 0.539. The highest BCUT2D eigenvalue weighted by atomic mass is 16.2. The molecule has 3 aromatic rings. The Bertz CT molecular complexity index is 1080. The summed E-state index contributed by atoms with van der Waals surface area (Å²) < 4.78 is 0. The van der Waals surface area contributed by atoms with Crippen LogP contribution in [0.5, 0.6) is 0 Å². The number of carbonyl (C=O) groups is 2. The molecule has 1 aliphatic rings. The molecule has 0 spiro atoms. The summed E-state index contributed by atoms with van der Waals surface area (Å²) in [5.41, 5.74) is 5.90. The lowest BCUT2D eigenvalue weighted by atomic mass is 9.91. The monoisotopic (exact) mass is 368 g/mol. The van der Waals surface area contributed by atoms with Crippen LogP contribution >= 0.6 is 0 Å². The second-order valence-electron chi connectivity index (χ2n) is 6.84. The predicted molar refractivity (Wildman–Crippen MR) is 110 cm³/mol. The van der Waals surface area contributed by atoms with Gasteiger partial charge in [-0.1, -0.05) is 66.2 Å². The van der Waals surface area contributed by atoms with Gasteiger partial charge in [0.15, 0.2) is 0 Å². The lowest BCUT2D eigenvalue weighted by Crippen LogP contribution is -2.37. The second-order valence-corrected chi connectivity index (χ2v) is 6.84. The molecule has 0 aromatic heterocycles. The molecule has 4 heteroatoms. The van der Waals surface area contributed by atoms with Crippen LogP contribution < -0.4 is 10.6 Å². The van der Waals surface area contributed by atoms with Crippen molar-refractivity contribution in [2.24, 2.45) is 0 Å². The van der Waals surface area contributed by atoms with Gasteiger partial charge in [-0.05, 0) is 35.7 Å². The van der Waals surface area contributed by atoms with E-state index in [0.717, 1.165) is 22.3 Å². The first-order valence-corrected chi connectivity index (χ1v) is 9.16. The zero-order chi connectivity index (χ0) is 19.5. The summed E-state index contributed by atoms with van der Waals surface area (Å²) in [5.74, 6) is -0.754. The largest absolute Gasteiger partial charge is 0.386 e. The van der Waals surface area contributed by atoms with Crippen molar-refractivity contribution in [3.63, 3.8) is 0 Å². The average molecular weight is 368 g/mol. The molecule has 2 N–H and O–H groups in total. The van der Waals surface area contributed by atoms with Crippen LogP contribution in [0.2, 0.25) is 0 Å². The second kappa shape index (κ2) is 7.53. The number of fused-ring (bicyclic) bond motifs is 1. The number of hydrogen-bond acceptors (Lipinski definition) is 3. The molecule has 28 heavy (non-hydrogen) atoms. The third kappa shape index (κ3) is 3.58. The highest BCUT2D eigenvalue weighted by molar-refractivity contribution is 6.31. The predicted octanol–water partition coefficient (Wildman–Crippen LogP) is 4.06. The normalized spacial score (nSPS) is 14.5. The SMILES string of the molecule is Cc1cccc(-c2ccc3c(c2)C(=CNCc2ccccc2)C(=O)NC3=O)c1. The Morgan fingerprint density at radius 2 is 1.61 bits per heavy atom. The molecule has 0 radical (unpaired) electrons. The van der Waals surface area contributed by atoms with E-state index in [1.165, 1.54) is 0 Å². The molecule has 0 saturated carbocycles. The van der Waals surface area contributed by atoms with E-state index in [-0.39, 0.29) is 11.8 Å². The first-order chi connectivity index (χ1) is 13.6. The van der Waals surface area contributed by atoms with Crippen molar-refractivity contribution < 1.29 is 9.59 Å². The van der Waals surface area contributed by atoms with E-state index >= 15 is 0 Å². The van der Waals surface area contributed by atoms with E-state index in [4.69, 9.17) is 0 Å². The Morgan fingerprint density at radius 3 is 2.39 bits per heavy atom. The standard InChI is InChI=1S/C24H20N2O2/c1-16-6-5-9-18(12-16)19-10-11-20-21(13-19)22(24(28)26-23(20)27)15-25-14-17-7-3-2-4-8-17/h2-13,15,25H,14H2,1H3,(H,26,27,28). The summed E-state index contributed by atoms with van der Waals surface area (Å²) in [6, 6.07) is 23.7. The zero-order valence-electron chi connectivity index (χ0n) is 15.5. The van der Waals surface area contributed by atoms with Crippen molar-refractivity contribution in [3.8, 4) is 11.1 Å². The van der Waals surface area contributed by atoms with Crippen LogP contribution in [-0.4, -0.2) is 11.8 Å². The van der Waals surface area contributed by atoms with Crippen molar-refractivity contribution in [2.75, 3.05) is 0 Å². The average Bonchev–Trinajstić information content (AvgIpc) is 2.71. The molecule has 4 rings (SSSR count). The van der Waals surface area contributed by atoms with Gasteiger partial charge in [0.1, 0.15) is 0 Å². The van der Waals surface area contributed by atoms with Crippen LogP contribution in [0.15, 0.2) is 79.0 Å². The number of rotatable bonds is 4. The minimum atomic E-state index is -0.389. The maximum Gasteiger partial charge on any atom is 0.260 e. The lowest BCUT2D eigenvalue weighted by molar-refractivity contribution is -0.114. The van der Waals surface area contributed by atoms with E-state index in [1.54, 1.807) is 12.3 Å². The third-order valence-corrected chi connectivity index (χ3v) is 4.77. The maximum atomic E-state index is 12.5. The molecular formula is C24H20N2O2. The van der Waals surface area contributed by atoms with Crippen molar-refractivity contribution in [2.45, 2.75) is 13.5 Å². The smallest absolute Gasteiger partial charge is 0.260 e. The Kier molecular flexibility index (Phi) is 4.77. The Hall–Kier alpha value is -3.66. The molecule has 0 saturated heterocycles. The first kappa shape index (κ1) is 17.7. The molecule has 0 fully saturated rings. The van der Waals surface area contributed by atoms with E-state index in [0.29, 0.717) is 23.2 Å². The molecule has 1 aliphatic heterocycles. The van der Waals surface area contributed by atoms with Crippen LogP contribution in [0, 0.1) is 6.92 Å². The molecular weight excluding hydrogens is 348 g/mol. The number of imide groups is 1. The molecule has 0 aliphatic carbocycles. The summed E-state index contributed by atoms with van der Waals surface area (Å²) in [7, 11) is 0. The van der Waals surface area contributed by atoms with Gasteiger partial charge < -0.3 is 5.32 Å². The Morgan fingerprint density at radius 1 is 0.821 bits per heavy atom. The number of nitrogens with one attached hydrogen (secondary N) is 2. The fraction of sp³-hybridized carbons (Fsp3) is 0.0833. The number of aryl methyl sites for hydroxylation is 1. The Labute approximate surface area is 163 Å². The van der Waals surface area contributed by atoms with Gasteiger partial charge >= 0.3 is 0 Å². The molecule has 4 nitrogen and oxygen atoms in total. The summed E-state index contributed by atoms with van der Waals surface area (Å²) >= 11 is 0. The van der Waals surface area contributed by atoms with Gasteiger partial charge in [0, 0.05) is 23.9 Å². The maximum absolute atomic E-state index is 12.5. The summed E-state index contributed by atoms with van der Waals surface area (Å²) in [5, 5.41) is 5.61. The fourth-order valence-corrected chi connectivity index (χ4v) is 3.34. The van der Waals surface area contributed by atoms with Crippen LogP contribution in [-0.2, 0) is 11.3 Å². The molecule has 0 atom stereocenters. The lowest BCUT2D eigenvalue weighted by Gasteiger charge is -2.19. The van der Waals surface area contributed by atoms with Crippen molar-refractivity contribution in [1.82, 2.24) is 10.6 Å². The van der Waals surface area contributed by atoms with Gasteiger partial charge in [0.05, 0.1) is 5.57 Å². The Balaban J connectivity index is 1.70. The molecule has 0 bridgehead atoms. The number of carbonyl (C=O) groups excluding carboxylic acids is 2. The van der Waals surface area contributed by atoms with E-state index < -0.39 is 0 Å². The third-order valence-electron chi connectivity index (χ3n) is 4.77. The summed E-state index contributed by atoms with van der Waals surface area (Å²) in [6.07, 6.45) is 1.69. The highest BCUT2D eigenvalue weighted by Gasteiger charge is 2.27. The molecule has 2 amide bonds. The van der Waals surface area contributed by atoms with Gasteiger partial charge in [-0.3, -0.25) is 14.9 Å². The topological polar surface area (TPSA) is 58.2 Å². The molecule has 0 unspecified atom stereocenters. The number of hydrogen-bond donors (Lipinski definition) is 2. The van der Waals surface area contributed by atoms with Gasteiger partial charge in [-0.15, -0.1) is 0 Å². The van der Waals surface area contributed by atoms with Crippen molar-refractivity contribution in [1.29, 1.82) is 0 Å². The molecule has 3 aromatic carbocycles. The zero-order valence-corrected chi connectivity index (χ0v) is 15.5. The van der Waals surface area contributed by atoms with Gasteiger partial charge in [0.2, 0.25) is 0 Å². The van der Waals surface area contributed by atoms with Gasteiger partial charge in [0.25, 0.3) is 11.8 Å². The molecule has 138 valence electrons. The summed E-state index contributed by atoms with van der Waals surface area (Å²) in [6.45, 7) is 2.64. The first-order valence-electron chi connectivity index (χ1n) is 9.16. The number of amides is 2. The van der Waals surface area contributed by atoms with Crippen LogP contribution in [0.1, 0.15) is 27.0 Å². The number of benzene rings is 3. The minimum Gasteiger partial charge on any atom is -0.386 e. The van der Waals surface area contributed by atoms with E-state index in [2.05, 4.69) is 16.7 Å². The fourth-order valence-electron chi connectivity index (χ4n) is 3.34. The van der Waals surface area contributed by atoms with Crippen LogP contribution in [0.4, 0.5) is 0 Å². The van der Waals surface area contributed by atoms with E-state index in [1.807, 2.05) is 67.6 Å². The van der Waals surface area contributed by atoms with Crippen LogP contribution in [0.25, 0.3) is 16.7 Å². The van der Waals surface area contributed by atoms with Crippen molar-refractivity contribution in [3.05, 3.63) is 101 Å². The van der Waals surface area contributed by atoms with Crippen LogP contribution in [0.3, 0.4) is 0 Å². The highest BCUT2D eigenvalue weighted by Crippen LogP contribution is 2.29.